The van der Waals surface area contributed by atoms with E-state index in [9.17, 15) is 4.79 Å². The Labute approximate surface area is 148 Å². The van der Waals surface area contributed by atoms with E-state index in [1.807, 2.05) is 6.07 Å². The van der Waals surface area contributed by atoms with Gasteiger partial charge in [-0.25, -0.2) is 4.79 Å². The minimum atomic E-state index is -0.934. The van der Waals surface area contributed by atoms with Gasteiger partial charge in [0, 0.05) is 37.9 Å². The Morgan fingerprint density at radius 2 is 1.96 bits per heavy atom. The number of hydrogen-bond donors (Lipinski definition) is 1. The van der Waals surface area contributed by atoms with Crippen molar-refractivity contribution >= 4 is 11.7 Å². The predicted octanol–water partition coefficient (Wildman–Crippen LogP) is 2.97. The lowest BCUT2D eigenvalue weighted by Gasteiger charge is -2.41. The SMILES string of the molecule is CC1CN(CCOc2cccc(C(=O)O)c2)CCN1c1ccccc1. The van der Waals surface area contributed by atoms with Gasteiger partial charge in [-0.15, -0.1) is 0 Å². The Bertz CT molecular complexity index is 705. The minimum Gasteiger partial charge on any atom is -0.492 e. The van der Waals surface area contributed by atoms with E-state index in [0.29, 0.717) is 18.4 Å². The topological polar surface area (TPSA) is 53.0 Å². The number of aromatic carboxylic acids is 1. The van der Waals surface area contributed by atoms with Crippen LogP contribution in [0.2, 0.25) is 0 Å². The first-order valence-electron chi connectivity index (χ1n) is 8.63. The van der Waals surface area contributed by atoms with Crippen molar-refractivity contribution in [2.45, 2.75) is 13.0 Å². The number of carbonyl (C=O) groups is 1. The molecule has 0 bridgehead atoms. The Balaban J connectivity index is 1.47. The molecule has 1 aliphatic heterocycles. The van der Waals surface area contributed by atoms with Crippen LogP contribution in [0.4, 0.5) is 5.69 Å². The van der Waals surface area contributed by atoms with Gasteiger partial charge in [0.2, 0.25) is 0 Å². The predicted molar refractivity (Wildman–Crippen MR) is 98.6 cm³/mol. The molecule has 5 nitrogen and oxygen atoms in total. The normalized spacial score (nSPS) is 18.1. The standard InChI is InChI=1S/C20H24N2O3/c1-16-15-21(10-11-22(16)18-7-3-2-4-8-18)12-13-25-19-9-5-6-17(14-19)20(23)24/h2-9,14,16H,10-13,15H2,1H3,(H,23,24). The van der Waals surface area contributed by atoms with Crippen molar-refractivity contribution < 1.29 is 14.6 Å². The van der Waals surface area contributed by atoms with Crippen molar-refractivity contribution in [2.75, 3.05) is 37.7 Å². The molecule has 3 rings (SSSR count). The van der Waals surface area contributed by atoms with Gasteiger partial charge in [-0.2, -0.15) is 0 Å². The average molecular weight is 340 g/mol. The molecule has 25 heavy (non-hydrogen) atoms. The molecule has 1 aliphatic rings. The van der Waals surface area contributed by atoms with Gasteiger partial charge >= 0.3 is 5.97 Å². The van der Waals surface area contributed by atoms with Crippen LogP contribution < -0.4 is 9.64 Å². The average Bonchev–Trinajstić information content (AvgIpc) is 2.63. The van der Waals surface area contributed by atoms with E-state index in [0.717, 1.165) is 26.2 Å². The summed E-state index contributed by atoms with van der Waals surface area (Å²) in [7, 11) is 0. The molecule has 1 unspecified atom stereocenters. The number of ether oxygens (including phenoxy) is 1. The molecule has 0 spiro atoms. The number of hydrogen-bond acceptors (Lipinski definition) is 4. The third-order valence-corrected chi connectivity index (χ3v) is 4.56. The van der Waals surface area contributed by atoms with Crippen molar-refractivity contribution in [3.63, 3.8) is 0 Å². The number of nitrogens with zero attached hydrogens (tertiary/aromatic N) is 2. The maximum absolute atomic E-state index is 11.0. The molecule has 1 N–H and O–H groups in total. The van der Waals surface area contributed by atoms with Crippen molar-refractivity contribution in [1.82, 2.24) is 4.90 Å². The third kappa shape index (κ3) is 4.51. The van der Waals surface area contributed by atoms with E-state index in [1.165, 1.54) is 5.69 Å². The molecule has 2 aromatic carbocycles. The quantitative estimate of drug-likeness (QED) is 0.876. The van der Waals surface area contributed by atoms with Gasteiger partial charge in [-0.1, -0.05) is 24.3 Å². The number of carboxylic acids is 1. The third-order valence-electron chi connectivity index (χ3n) is 4.56. The molecule has 1 atom stereocenters. The monoisotopic (exact) mass is 340 g/mol. The highest BCUT2D eigenvalue weighted by atomic mass is 16.5. The molecular weight excluding hydrogens is 316 g/mol. The maximum Gasteiger partial charge on any atom is 0.335 e. The summed E-state index contributed by atoms with van der Waals surface area (Å²) in [6, 6.07) is 17.6. The molecule has 0 saturated carbocycles. The fourth-order valence-corrected chi connectivity index (χ4v) is 3.25. The Hall–Kier alpha value is -2.53. The molecule has 1 heterocycles. The fourth-order valence-electron chi connectivity index (χ4n) is 3.25. The highest BCUT2D eigenvalue weighted by Crippen LogP contribution is 2.20. The molecule has 0 aliphatic carbocycles. The number of anilines is 1. The van der Waals surface area contributed by atoms with Gasteiger partial charge in [0.05, 0.1) is 5.56 Å². The number of para-hydroxylation sites is 1. The van der Waals surface area contributed by atoms with Gasteiger partial charge in [0.15, 0.2) is 0 Å². The lowest BCUT2D eigenvalue weighted by atomic mass is 10.1. The first-order valence-corrected chi connectivity index (χ1v) is 8.63. The highest BCUT2D eigenvalue weighted by molar-refractivity contribution is 5.87. The zero-order valence-corrected chi connectivity index (χ0v) is 14.5. The lowest BCUT2D eigenvalue weighted by Crippen LogP contribution is -2.52. The van der Waals surface area contributed by atoms with Gasteiger partial charge in [0.25, 0.3) is 0 Å². The molecule has 132 valence electrons. The minimum absolute atomic E-state index is 0.252. The van der Waals surface area contributed by atoms with Gasteiger partial charge in [0.1, 0.15) is 12.4 Å². The zero-order chi connectivity index (χ0) is 17.6. The van der Waals surface area contributed by atoms with Crippen molar-refractivity contribution in [2.24, 2.45) is 0 Å². The summed E-state index contributed by atoms with van der Waals surface area (Å²) < 4.78 is 5.73. The van der Waals surface area contributed by atoms with Crippen LogP contribution in [0.5, 0.6) is 5.75 Å². The van der Waals surface area contributed by atoms with E-state index < -0.39 is 5.97 Å². The Kier molecular flexibility index (Phi) is 5.56. The van der Waals surface area contributed by atoms with Crippen LogP contribution in [0.3, 0.4) is 0 Å². The Morgan fingerprint density at radius 3 is 2.68 bits per heavy atom. The summed E-state index contributed by atoms with van der Waals surface area (Å²) in [6.07, 6.45) is 0. The molecule has 1 saturated heterocycles. The zero-order valence-electron chi connectivity index (χ0n) is 14.5. The second-order valence-electron chi connectivity index (χ2n) is 6.36. The number of piperazine rings is 1. The summed E-state index contributed by atoms with van der Waals surface area (Å²) in [4.78, 5) is 15.8. The Morgan fingerprint density at radius 1 is 1.16 bits per heavy atom. The van der Waals surface area contributed by atoms with Crippen LogP contribution in [0, 0.1) is 0 Å². The summed E-state index contributed by atoms with van der Waals surface area (Å²) in [5, 5.41) is 9.02. The summed E-state index contributed by atoms with van der Waals surface area (Å²) >= 11 is 0. The van der Waals surface area contributed by atoms with Crippen molar-refractivity contribution in [3.8, 4) is 5.75 Å². The molecule has 0 aromatic heterocycles. The van der Waals surface area contributed by atoms with Crippen molar-refractivity contribution in [3.05, 3.63) is 60.2 Å². The van der Waals surface area contributed by atoms with Crippen LogP contribution in [0.1, 0.15) is 17.3 Å². The summed E-state index contributed by atoms with van der Waals surface area (Å²) in [6.45, 7) is 6.63. The van der Waals surface area contributed by atoms with E-state index in [2.05, 4.69) is 41.0 Å². The van der Waals surface area contributed by atoms with Crippen LogP contribution in [0.15, 0.2) is 54.6 Å². The van der Waals surface area contributed by atoms with Gasteiger partial charge in [-0.05, 0) is 37.3 Å². The van der Waals surface area contributed by atoms with Crippen molar-refractivity contribution in [1.29, 1.82) is 0 Å². The molecule has 2 aromatic rings. The van der Waals surface area contributed by atoms with Crippen LogP contribution in [0.25, 0.3) is 0 Å². The fraction of sp³-hybridized carbons (Fsp3) is 0.350. The first kappa shape index (κ1) is 17.3. The summed E-state index contributed by atoms with van der Waals surface area (Å²) in [5.41, 5.74) is 1.53. The lowest BCUT2D eigenvalue weighted by molar-refractivity contribution is 0.0696. The van der Waals surface area contributed by atoms with E-state index in [4.69, 9.17) is 9.84 Å². The van der Waals surface area contributed by atoms with Gasteiger partial charge < -0.3 is 14.7 Å². The molecule has 1 fully saturated rings. The molecular formula is C20H24N2O3. The second kappa shape index (κ2) is 8.03. The summed E-state index contributed by atoms with van der Waals surface area (Å²) in [5.74, 6) is -0.327. The molecule has 0 amide bonds. The van der Waals surface area contributed by atoms with Crippen LogP contribution >= 0.6 is 0 Å². The number of carboxylic acid groups (broad SMARTS) is 1. The van der Waals surface area contributed by atoms with Crippen LogP contribution in [-0.2, 0) is 0 Å². The van der Waals surface area contributed by atoms with Crippen LogP contribution in [-0.4, -0.2) is 54.8 Å². The number of rotatable bonds is 6. The molecule has 5 heteroatoms. The highest BCUT2D eigenvalue weighted by Gasteiger charge is 2.23. The molecule has 0 radical (unpaired) electrons. The maximum atomic E-state index is 11.0. The van der Waals surface area contributed by atoms with E-state index >= 15 is 0 Å². The van der Waals surface area contributed by atoms with E-state index in [1.54, 1.807) is 24.3 Å². The van der Waals surface area contributed by atoms with E-state index in [-0.39, 0.29) is 5.56 Å². The smallest absolute Gasteiger partial charge is 0.335 e. The largest absolute Gasteiger partial charge is 0.492 e. The van der Waals surface area contributed by atoms with Gasteiger partial charge in [-0.3, -0.25) is 4.90 Å². The second-order valence-corrected chi connectivity index (χ2v) is 6.36. The first-order chi connectivity index (χ1) is 12.1. The number of benzene rings is 2.